The second-order valence-electron chi connectivity index (χ2n) is 5.38. The summed E-state index contributed by atoms with van der Waals surface area (Å²) in [4.78, 5) is 2.16. The van der Waals surface area contributed by atoms with Crippen molar-refractivity contribution in [3.8, 4) is 5.75 Å². The lowest BCUT2D eigenvalue weighted by atomic mass is 9.85. The third kappa shape index (κ3) is 4.50. The lowest BCUT2D eigenvalue weighted by Crippen LogP contribution is -2.24. The minimum Gasteiger partial charge on any atom is -0.491 e. The molecule has 2 atom stereocenters. The molecule has 2 unspecified atom stereocenters. The van der Waals surface area contributed by atoms with Crippen LogP contribution in [0.4, 0.5) is 4.39 Å². The van der Waals surface area contributed by atoms with Gasteiger partial charge in [0.05, 0.1) is 6.61 Å². The van der Waals surface area contributed by atoms with Crippen molar-refractivity contribution in [3.05, 3.63) is 29.6 Å². The van der Waals surface area contributed by atoms with E-state index < -0.39 is 0 Å². The monoisotopic (exact) mass is 267 g/mol. The lowest BCUT2D eigenvalue weighted by molar-refractivity contribution is 0.309. The van der Waals surface area contributed by atoms with Gasteiger partial charge in [-0.25, -0.2) is 4.39 Å². The summed E-state index contributed by atoms with van der Waals surface area (Å²) in [5.74, 6) is 0.968. The Morgan fingerprint density at radius 2 is 1.95 bits per heavy atom. The Hall–Kier alpha value is -1.09. The van der Waals surface area contributed by atoms with Crippen molar-refractivity contribution in [2.75, 3.05) is 27.2 Å². The smallest absolute Gasteiger partial charge is 0.165 e. The number of hydrogen-bond acceptors (Lipinski definition) is 2. The van der Waals surface area contributed by atoms with Crippen molar-refractivity contribution in [1.82, 2.24) is 4.90 Å². The van der Waals surface area contributed by atoms with Gasteiger partial charge < -0.3 is 9.64 Å². The lowest BCUT2D eigenvalue weighted by Gasteiger charge is -2.27. The van der Waals surface area contributed by atoms with E-state index in [9.17, 15) is 4.39 Å². The largest absolute Gasteiger partial charge is 0.491 e. The van der Waals surface area contributed by atoms with Crippen molar-refractivity contribution in [1.29, 1.82) is 0 Å². The van der Waals surface area contributed by atoms with E-state index in [1.807, 2.05) is 13.0 Å². The van der Waals surface area contributed by atoms with Crippen LogP contribution in [-0.4, -0.2) is 32.1 Å². The molecule has 0 N–H and O–H groups in total. The molecule has 0 aliphatic rings. The number of ether oxygens (including phenoxy) is 1. The fourth-order valence-electron chi connectivity index (χ4n) is 2.31. The van der Waals surface area contributed by atoms with Crippen LogP contribution < -0.4 is 4.74 Å². The Morgan fingerprint density at radius 1 is 1.26 bits per heavy atom. The van der Waals surface area contributed by atoms with E-state index in [0.29, 0.717) is 24.2 Å². The Kier molecular flexibility index (Phi) is 6.29. The second kappa shape index (κ2) is 7.49. The summed E-state index contributed by atoms with van der Waals surface area (Å²) in [5, 5.41) is 0. The zero-order chi connectivity index (χ0) is 14.4. The molecule has 0 aromatic heterocycles. The molecule has 1 aromatic carbocycles. The molecule has 0 fully saturated rings. The number of hydrogen-bond donors (Lipinski definition) is 0. The normalized spacial score (nSPS) is 14.5. The van der Waals surface area contributed by atoms with Crippen molar-refractivity contribution < 1.29 is 9.13 Å². The summed E-state index contributed by atoms with van der Waals surface area (Å²) in [7, 11) is 4.11. The topological polar surface area (TPSA) is 12.5 Å². The van der Waals surface area contributed by atoms with Crippen LogP contribution in [0.2, 0.25) is 0 Å². The van der Waals surface area contributed by atoms with Gasteiger partial charge in [-0.05, 0) is 50.6 Å². The molecule has 0 saturated heterocycles. The highest BCUT2D eigenvalue weighted by molar-refractivity contribution is 5.32. The summed E-state index contributed by atoms with van der Waals surface area (Å²) in [5.41, 5.74) is 1.06. The fraction of sp³-hybridized carbons (Fsp3) is 0.625. The molecule has 0 bridgehead atoms. The van der Waals surface area contributed by atoms with Gasteiger partial charge in [0.15, 0.2) is 11.6 Å². The van der Waals surface area contributed by atoms with E-state index in [2.05, 4.69) is 32.8 Å². The summed E-state index contributed by atoms with van der Waals surface area (Å²) in [6.07, 6.45) is 1.09. The van der Waals surface area contributed by atoms with Crippen LogP contribution in [0.15, 0.2) is 18.2 Å². The van der Waals surface area contributed by atoms with Crippen molar-refractivity contribution in [3.63, 3.8) is 0 Å². The van der Waals surface area contributed by atoms with Crippen LogP contribution in [0.3, 0.4) is 0 Å². The fourth-order valence-corrected chi connectivity index (χ4v) is 2.31. The van der Waals surface area contributed by atoms with Gasteiger partial charge in [-0.15, -0.1) is 0 Å². The third-order valence-corrected chi connectivity index (χ3v) is 3.58. The maximum atomic E-state index is 14.0. The van der Waals surface area contributed by atoms with Crippen LogP contribution in [-0.2, 0) is 0 Å². The van der Waals surface area contributed by atoms with Gasteiger partial charge in [-0.3, -0.25) is 0 Å². The van der Waals surface area contributed by atoms with Gasteiger partial charge in [0.25, 0.3) is 0 Å². The van der Waals surface area contributed by atoms with Gasteiger partial charge in [0, 0.05) is 6.54 Å². The van der Waals surface area contributed by atoms with E-state index in [1.165, 1.54) is 0 Å². The average molecular weight is 267 g/mol. The Labute approximate surface area is 116 Å². The summed E-state index contributed by atoms with van der Waals surface area (Å²) < 4.78 is 19.2. The van der Waals surface area contributed by atoms with Gasteiger partial charge >= 0.3 is 0 Å². The first-order valence-corrected chi connectivity index (χ1v) is 7.06. The molecule has 3 heteroatoms. The van der Waals surface area contributed by atoms with E-state index in [1.54, 1.807) is 12.1 Å². The van der Waals surface area contributed by atoms with E-state index in [0.717, 1.165) is 18.5 Å². The molecule has 2 nitrogen and oxygen atoms in total. The maximum absolute atomic E-state index is 14.0. The molecule has 0 aliphatic heterocycles. The SMILES string of the molecule is CCOc1ccc(C(CN(C)C)C(C)CC)cc1F. The van der Waals surface area contributed by atoms with Crippen molar-refractivity contribution in [2.24, 2.45) is 5.92 Å². The Morgan fingerprint density at radius 3 is 2.42 bits per heavy atom. The molecule has 0 aliphatic carbocycles. The van der Waals surface area contributed by atoms with Crippen molar-refractivity contribution in [2.45, 2.75) is 33.1 Å². The first-order valence-electron chi connectivity index (χ1n) is 7.06. The van der Waals surface area contributed by atoms with Gasteiger partial charge in [-0.1, -0.05) is 26.3 Å². The molecule has 108 valence electrons. The van der Waals surface area contributed by atoms with Gasteiger partial charge in [-0.2, -0.15) is 0 Å². The predicted octanol–water partition coefficient (Wildman–Crippen LogP) is 3.92. The molecular weight excluding hydrogens is 241 g/mol. The van der Waals surface area contributed by atoms with Crippen LogP contribution >= 0.6 is 0 Å². The van der Waals surface area contributed by atoms with Crippen LogP contribution in [0.5, 0.6) is 5.75 Å². The highest BCUT2D eigenvalue weighted by atomic mass is 19.1. The zero-order valence-electron chi connectivity index (χ0n) is 12.7. The standard InChI is InChI=1S/C16H26FNO/c1-6-12(3)14(11-18(4)5)13-8-9-16(19-7-2)15(17)10-13/h8-10,12,14H,6-7,11H2,1-5H3. The zero-order valence-corrected chi connectivity index (χ0v) is 12.7. The summed E-state index contributed by atoms with van der Waals surface area (Å²) >= 11 is 0. The molecule has 0 saturated carbocycles. The van der Waals surface area contributed by atoms with Crippen molar-refractivity contribution >= 4 is 0 Å². The molecule has 0 radical (unpaired) electrons. The molecule has 1 aromatic rings. The first kappa shape index (κ1) is 16.0. The van der Waals surface area contributed by atoms with Crippen LogP contribution in [0.1, 0.15) is 38.7 Å². The summed E-state index contributed by atoms with van der Waals surface area (Å²) in [6, 6.07) is 5.37. The number of benzene rings is 1. The quantitative estimate of drug-likeness (QED) is 0.742. The predicted molar refractivity (Wildman–Crippen MR) is 78.3 cm³/mol. The molecule has 19 heavy (non-hydrogen) atoms. The molecule has 0 spiro atoms. The second-order valence-corrected chi connectivity index (χ2v) is 5.38. The molecule has 0 heterocycles. The average Bonchev–Trinajstić information content (AvgIpc) is 2.37. The number of halogens is 1. The highest BCUT2D eigenvalue weighted by Gasteiger charge is 2.20. The minimum absolute atomic E-state index is 0.258. The molecule has 1 rings (SSSR count). The number of nitrogens with zero attached hydrogens (tertiary/aromatic N) is 1. The molecular formula is C16H26FNO. The Bertz CT molecular complexity index is 392. The number of rotatable bonds is 7. The highest BCUT2D eigenvalue weighted by Crippen LogP contribution is 2.30. The maximum Gasteiger partial charge on any atom is 0.165 e. The number of likely N-dealkylation sites (N-methyl/N-ethyl adjacent to an activating group) is 1. The van der Waals surface area contributed by atoms with E-state index in [-0.39, 0.29) is 5.82 Å². The first-order chi connectivity index (χ1) is 8.99. The molecule has 0 amide bonds. The van der Waals surface area contributed by atoms with E-state index >= 15 is 0 Å². The third-order valence-electron chi connectivity index (χ3n) is 3.58. The van der Waals surface area contributed by atoms with E-state index in [4.69, 9.17) is 4.74 Å². The summed E-state index contributed by atoms with van der Waals surface area (Å²) in [6.45, 7) is 7.69. The van der Waals surface area contributed by atoms with Crippen LogP contribution in [0.25, 0.3) is 0 Å². The van der Waals surface area contributed by atoms with Gasteiger partial charge in [0.1, 0.15) is 0 Å². The van der Waals surface area contributed by atoms with Crippen LogP contribution in [0, 0.1) is 11.7 Å². The van der Waals surface area contributed by atoms with Gasteiger partial charge in [0.2, 0.25) is 0 Å². The minimum atomic E-state index is -0.258. The Balaban J connectivity index is 2.99.